The van der Waals surface area contributed by atoms with E-state index in [-0.39, 0.29) is 0 Å². The van der Waals surface area contributed by atoms with Gasteiger partial charge in [0.25, 0.3) is 0 Å². The molecule has 0 fully saturated rings. The summed E-state index contributed by atoms with van der Waals surface area (Å²) in [6.07, 6.45) is 3.96. The molecule has 2 heterocycles. The summed E-state index contributed by atoms with van der Waals surface area (Å²) in [5.74, 6) is 0. The molecule has 3 rings (SSSR count). The molecule has 2 aromatic rings. The van der Waals surface area contributed by atoms with Crippen LogP contribution in [-0.2, 0) is 13.0 Å². The van der Waals surface area contributed by atoms with Crippen molar-refractivity contribution >= 4 is 10.9 Å². The first-order chi connectivity index (χ1) is 7.45. The lowest BCUT2D eigenvalue weighted by molar-refractivity contribution is 0.545. The topological polar surface area (TPSA) is 4.93 Å². The largest absolute Gasteiger partial charge is 0.345 e. The zero-order valence-corrected chi connectivity index (χ0v) is 9.66. The van der Waals surface area contributed by atoms with Crippen molar-refractivity contribution in [2.24, 2.45) is 0 Å². The third-order valence-electron chi connectivity index (χ3n) is 2.96. The first kappa shape index (κ1) is 10.3. The van der Waals surface area contributed by atoms with Crippen LogP contribution in [0.1, 0.15) is 32.4 Å². The molecule has 80 valence electrons. The smallest absolute Gasteiger partial charge is 0.0482 e. The Bertz CT molecular complexity index is 440. The summed E-state index contributed by atoms with van der Waals surface area (Å²) in [5.41, 5.74) is 2.93. The average Bonchev–Trinajstić information content (AvgIpc) is 2.70. The minimum atomic E-state index is 1.21. The number of hydrogen-bond donors (Lipinski definition) is 0. The maximum absolute atomic E-state index is 2.47. The van der Waals surface area contributed by atoms with Crippen molar-refractivity contribution < 1.29 is 0 Å². The molecule has 0 radical (unpaired) electrons. The normalized spacial score (nSPS) is 14.3. The fraction of sp³-hybridized carbons (Fsp3) is 0.429. The first-order valence-corrected chi connectivity index (χ1v) is 6.02. The van der Waals surface area contributed by atoms with E-state index in [1.165, 1.54) is 42.4 Å². The highest BCUT2D eigenvalue weighted by Gasteiger charge is 2.11. The van der Waals surface area contributed by atoms with Gasteiger partial charge < -0.3 is 4.57 Å². The summed E-state index contributed by atoms with van der Waals surface area (Å²) >= 11 is 0. The molecule has 0 spiro atoms. The Labute approximate surface area is 91.7 Å². The van der Waals surface area contributed by atoms with Gasteiger partial charge in [-0.25, -0.2) is 0 Å². The van der Waals surface area contributed by atoms with Gasteiger partial charge in [-0.1, -0.05) is 32.0 Å². The number of fused-ring (bicyclic) bond motifs is 3. The van der Waals surface area contributed by atoms with E-state index in [0.717, 1.165) is 0 Å². The Morgan fingerprint density at radius 2 is 1.87 bits per heavy atom. The molecule has 0 saturated carbocycles. The molecule has 15 heavy (non-hydrogen) atoms. The second kappa shape index (κ2) is 4.52. The number of aromatic nitrogens is 1. The number of rotatable bonds is 0. The van der Waals surface area contributed by atoms with Crippen molar-refractivity contribution in [1.82, 2.24) is 4.57 Å². The molecule has 1 nitrogen and oxygen atoms in total. The molecule has 0 atom stereocenters. The van der Waals surface area contributed by atoms with Gasteiger partial charge in [0.1, 0.15) is 0 Å². The molecule has 1 aromatic carbocycles. The summed E-state index contributed by atoms with van der Waals surface area (Å²) in [7, 11) is 0. The van der Waals surface area contributed by atoms with Crippen LogP contribution in [0.25, 0.3) is 10.9 Å². The quantitative estimate of drug-likeness (QED) is 0.607. The molecule has 0 aliphatic carbocycles. The maximum atomic E-state index is 2.47. The number of hydrogen-bond acceptors (Lipinski definition) is 0. The Kier molecular flexibility index (Phi) is 3.10. The Balaban J connectivity index is 0.000000404. The van der Waals surface area contributed by atoms with Crippen LogP contribution in [0.3, 0.4) is 0 Å². The lowest BCUT2D eigenvalue weighted by Crippen LogP contribution is -2.08. The third kappa shape index (κ3) is 1.79. The summed E-state index contributed by atoms with van der Waals surface area (Å²) in [5, 5.41) is 1.40. The van der Waals surface area contributed by atoms with E-state index in [1.807, 2.05) is 13.8 Å². The van der Waals surface area contributed by atoms with Crippen LogP contribution in [0.5, 0.6) is 0 Å². The molecule has 0 bridgehead atoms. The van der Waals surface area contributed by atoms with E-state index in [4.69, 9.17) is 0 Å². The second-order valence-electron chi connectivity index (χ2n) is 3.80. The lowest BCUT2D eigenvalue weighted by Gasteiger charge is -2.15. The van der Waals surface area contributed by atoms with E-state index in [1.54, 1.807) is 0 Å². The maximum Gasteiger partial charge on any atom is 0.0482 e. The van der Waals surface area contributed by atoms with Gasteiger partial charge in [0.15, 0.2) is 0 Å². The highest BCUT2D eigenvalue weighted by Crippen LogP contribution is 2.24. The van der Waals surface area contributed by atoms with Gasteiger partial charge in [-0.15, -0.1) is 0 Å². The lowest BCUT2D eigenvalue weighted by atomic mass is 10.1. The minimum absolute atomic E-state index is 1.21. The van der Waals surface area contributed by atoms with E-state index in [9.17, 15) is 0 Å². The van der Waals surface area contributed by atoms with Crippen LogP contribution in [0.2, 0.25) is 0 Å². The van der Waals surface area contributed by atoms with E-state index < -0.39 is 0 Å². The van der Waals surface area contributed by atoms with Crippen LogP contribution < -0.4 is 0 Å². The first-order valence-electron chi connectivity index (χ1n) is 6.02. The zero-order chi connectivity index (χ0) is 10.7. The number of para-hydroxylation sites is 1. The van der Waals surface area contributed by atoms with Gasteiger partial charge in [-0.2, -0.15) is 0 Å². The van der Waals surface area contributed by atoms with E-state index in [2.05, 4.69) is 34.9 Å². The standard InChI is InChI=1S/C12H13N.C2H6/c1-2-7-12-10(5-1)9-11-6-3-4-8-13(11)12;1-2/h1-2,5,7,9H,3-4,6,8H2;1-2H3. The van der Waals surface area contributed by atoms with Crippen molar-refractivity contribution in [3.8, 4) is 0 Å². The Hall–Kier alpha value is -1.24. The van der Waals surface area contributed by atoms with Crippen LogP contribution in [0.4, 0.5) is 0 Å². The zero-order valence-electron chi connectivity index (χ0n) is 9.66. The van der Waals surface area contributed by atoms with Crippen molar-refractivity contribution in [1.29, 1.82) is 0 Å². The Morgan fingerprint density at radius 3 is 2.73 bits per heavy atom. The highest BCUT2D eigenvalue weighted by molar-refractivity contribution is 5.81. The van der Waals surface area contributed by atoms with Crippen LogP contribution in [-0.4, -0.2) is 4.57 Å². The monoisotopic (exact) mass is 201 g/mol. The molecule has 1 aromatic heterocycles. The van der Waals surface area contributed by atoms with Gasteiger partial charge in [-0.05, 0) is 36.8 Å². The molecular formula is C14H19N. The van der Waals surface area contributed by atoms with Gasteiger partial charge in [0, 0.05) is 17.8 Å². The van der Waals surface area contributed by atoms with Crippen molar-refractivity contribution in [2.45, 2.75) is 39.7 Å². The predicted molar refractivity (Wildman–Crippen MR) is 66.2 cm³/mol. The molecule has 1 heteroatoms. The molecule has 1 aliphatic rings. The van der Waals surface area contributed by atoms with Crippen molar-refractivity contribution in [3.05, 3.63) is 36.0 Å². The molecule has 0 N–H and O–H groups in total. The minimum Gasteiger partial charge on any atom is -0.345 e. The highest BCUT2D eigenvalue weighted by atomic mass is 15.0. The molecule has 0 amide bonds. The van der Waals surface area contributed by atoms with Gasteiger partial charge in [0.2, 0.25) is 0 Å². The fourth-order valence-corrected chi connectivity index (χ4v) is 2.31. The van der Waals surface area contributed by atoms with Crippen LogP contribution in [0, 0.1) is 0 Å². The summed E-state index contributed by atoms with van der Waals surface area (Å²) in [6, 6.07) is 11.0. The van der Waals surface area contributed by atoms with E-state index >= 15 is 0 Å². The summed E-state index contributed by atoms with van der Waals surface area (Å²) in [6.45, 7) is 5.21. The second-order valence-corrected chi connectivity index (χ2v) is 3.80. The SMILES string of the molecule is CC.c1ccc2c(c1)cc1n2CCCC1. The number of aryl methyl sites for hydroxylation is 2. The van der Waals surface area contributed by atoms with Crippen molar-refractivity contribution in [2.75, 3.05) is 0 Å². The van der Waals surface area contributed by atoms with E-state index in [0.29, 0.717) is 0 Å². The molecule has 0 saturated heterocycles. The average molecular weight is 201 g/mol. The van der Waals surface area contributed by atoms with Gasteiger partial charge in [-0.3, -0.25) is 0 Å². The third-order valence-corrected chi connectivity index (χ3v) is 2.96. The summed E-state index contributed by atoms with van der Waals surface area (Å²) in [4.78, 5) is 0. The van der Waals surface area contributed by atoms with Crippen LogP contribution >= 0.6 is 0 Å². The molecule has 0 unspecified atom stereocenters. The predicted octanol–water partition coefficient (Wildman–Crippen LogP) is 4.00. The molecule has 1 aliphatic heterocycles. The fourth-order valence-electron chi connectivity index (χ4n) is 2.31. The number of nitrogens with zero attached hydrogens (tertiary/aromatic N) is 1. The van der Waals surface area contributed by atoms with Crippen LogP contribution in [0.15, 0.2) is 30.3 Å². The van der Waals surface area contributed by atoms with Gasteiger partial charge >= 0.3 is 0 Å². The van der Waals surface area contributed by atoms with Crippen molar-refractivity contribution in [3.63, 3.8) is 0 Å². The Morgan fingerprint density at radius 1 is 1.07 bits per heavy atom. The molecular weight excluding hydrogens is 182 g/mol. The number of benzene rings is 1. The van der Waals surface area contributed by atoms with Gasteiger partial charge in [0.05, 0.1) is 0 Å². The summed E-state index contributed by atoms with van der Waals surface area (Å²) < 4.78 is 2.47.